The van der Waals surface area contributed by atoms with Crippen molar-refractivity contribution in [2.45, 2.75) is 6.54 Å². The van der Waals surface area contributed by atoms with Gasteiger partial charge in [-0.2, -0.15) is 0 Å². The predicted molar refractivity (Wildman–Crippen MR) is 84.9 cm³/mol. The smallest absolute Gasteiger partial charge is 0.262 e. The second-order valence-electron chi connectivity index (χ2n) is 4.22. The maximum atomic E-state index is 11.2. The Balaban J connectivity index is 1.78. The number of carbonyl (C=O) groups excluding carboxylic acids is 1. The van der Waals surface area contributed by atoms with Crippen LogP contribution in [0.5, 0.6) is 5.75 Å². The first kappa shape index (κ1) is 13.7. The molecule has 0 spiro atoms. The third-order valence-corrected chi connectivity index (χ3v) is 4.72. The Morgan fingerprint density at radius 2 is 2.30 bits per heavy atom. The van der Waals surface area contributed by atoms with E-state index in [-0.39, 0.29) is 12.5 Å². The van der Waals surface area contributed by atoms with Gasteiger partial charge in [0, 0.05) is 17.5 Å². The molecule has 0 bridgehead atoms. The maximum Gasteiger partial charge on any atom is 0.262 e. The van der Waals surface area contributed by atoms with Crippen molar-refractivity contribution in [3.05, 3.63) is 38.0 Å². The van der Waals surface area contributed by atoms with Crippen molar-refractivity contribution in [2.24, 2.45) is 0 Å². The van der Waals surface area contributed by atoms with Gasteiger partial charge in [0.15, 0.2) is 6.61 Å². The third kappa shape index (κ3) is 2.92. The molecule has 4 nitrogen and oxygen atoms in total. The Bertz CT molecular complexity index is 674. The summed E-state index contributed by atoms with van der Waals surface area (Å²) in [6.45, 7) is 0.715. The standard InChI is InChI=1S/C13H10BrClN2O2S/c14-12-2-1-7(20-12)5-16-9-4-11-10(3-8(9)15)17-13(18)6-19-11/h1-4,16H,5-6H2,(H,17,18). The van der Waals surface area contributed by atoms with E-state index in [4.69, 9.17) is 16.3 Å². The molecule has 0 radical (unpaired) electrons. The Kier molecular flexibility index (Phi) is 3.87. The van der Waals surface area contributed by atoms with Crippen molar-refractivity contribution in [3.8, 4) is 5.75 Å². The van der Waals surface area contributed by atoms with Crippen LogP contribution in [0.4, 0.5) is 11.4 Å². The van der Waals surface area contributed by atoms with E-state index < -0.39 is 0 Å². The number of hydrogen-bond donors (Lipinski definition) is 2. The minimum atomic E-state index is -0.169. The van der Waals surface area contributed by atoms with Crippen LogP contribution in [0.15, 0.2) is 28.1 Å². The number of ether oxygens (including phenoxy) is 1. The second-order valence-corrected chi connectivity index (χ2v) is 7.18. The Labute approximate surface area is 133 Å². The summed E-state index contributed by atoms with van der Waals surface area (Å²) in [7, 11) is 0. The number of thiophene rings is 1. The van der Waals surface area contributed by atoms with Gasteiger partial charge in [0.05, 0.1) is 20.2 Å². The highest BCUT2D eigenvalue weighted by atomic mass is 79.9. The molecule has 7 heteroatoms. The van der Waals surface area contributed by atoms with Crippen molar-refractivity contribution < 1.29 is 9.53 Å². The molecule has 2 N–H and O–H groups in total. The van der Waals surface area contributed by atoms with E-state index in [0.29, 0.717) is 23.0 Å². The van der Waals surface area contributed by atoms with E-state index in [0.717, 1.165) is 9.47 Å². The lowest BCUT2D eigenvalue weighted by molar-refractivity contribution is -0.118. The highest BCUT2D eigenvalue weighted by Crippen LogP contribution is 2.36. The summed E-state index contributed by atoms with van der Waals surface area (Å²) in [5.41, 5.74) is 1.39. The Morgan fingerprint density at radius 3 is 3.05 bits per heavy atom. The normalized spacial score (nSPS) is 13.4. The molecule has 0 saturated heterocycles. The number of halogens is 2. The van der Waals surface area contributed by atoms with Gasteiger partial charge in [-0.3, -0.25) is 4.79 Å². The van der Waals surface area contributed by atoms with Crippen molar-refractivity contribution in [1.29, 1.82) is 0 Å². The van der Waals surface area contributed by atoms with Crippen LogP contribution in [0.2, 0.25) is 5.02 Å². The van der Waals surface area contributed by atoms with Crippen molar-refractivity contribution in [3.63, 3.8) is 0 Å². The molecule has 2 heterocycles. The Hall–Kier alpha value is -1.24. The van der Waals surface area contributed by atoms with E-state index in [2.05, 4.69) is 26.6 Å². The summed E-state index contributed by atoms with van der Waals surface area (Å²) < 4.78 is 6.47. The molecule has 3 rings (SSSR count). The molecule has 1 aromatic heterocycles. The minimum absolute atomic E-state index is 0.0337. The van der Waals surface area contributed by atoms with Gasteiger partial charge in [-0.15, -0.1) is 11.3 Å². The first-order valence-corrected chi connectivity index (χ1v) is 7.85. The van der Waals surface area contributed by atoms with Crippen LogP contribution >= 0.6 is 38.9 Å². The third-order valence-electron chi connectivity index (χ3n) is 2.78. The molecule has 0 aliphatic carbocycles. The molecule has 104 valence electrons. The lowest BCUT2D eigenvalue weighted by Crippen LogP contribution is -2.25. The summed E-state index contributed by atoms with van der Waals surface area (Å²) in [5.74, 6) is 0.460. The van der Waals surface area contributed by atoms with Crippen LogP contribution < -0.4 is 15.4 Å². The van der Waals surface area contributed by atoms with Gasteiger partial charge in [0.1, 0.15) is 5.75 Å². The van der Waals surface area contributed by atoms with Gasteiger partial charge in [0.2, 0.25) is 0 Å². The highest BCUT2D eigenvalue weighted by molar-refractivity contribution is 9.11. The molecule has 1 amide bonds. The first-order valence-electron chi connectivity index (χ1n) is 5.86. The zero-order valence-electron chi connectivity index (χ0n) is 10.2. The fraction of sp³-hybridized carbons (Fsp3) is 0.154. The number of nitrogens with one attached hydrogen (secondary N) is 2. The molecule has 20 heavy (non-hydrogen) atoms. The fourth-order valence-electron chi connectivity index (χ4n) is 1.86. The topological polar surface area (TPSA) is 50.4 Å². The summed E-state index contributed by atoms with van der Waals surface area (Å²) in [6.07, 6.45) is 0. The number of fused-ring (bicyclic) bond motifs is 1. The summed E-state index contributed by atoms with van der Waals surface area (Å²) in [5, 5.41) is 6.54. The number of hydrogen-bond acceptors (Lipinski definition) is 4. The van der Waals surface area contributed by atoms with Crippen LogP contribution in [0, 0.1) is 0 Å². The lowest BCUT2D eigenvalue weighted by atomic mass is 10.2. The number of amides is 1. The SMILES string of the molecule is O=C1COc2cc(NCc3ccc(Br)s3)c(Cl)cc2N1. The van der Waals surface area contributed by atoms with E-state index in [1.807, 2.05) is 12.1 Å². The predicted octanol–water partition coefficient (Wildman–Crippen LogP) is 4.11. The molecular weight excluding hydrogens is 364 g/mol. The average Bonchev–Trinajstić information content (AvgIpc) is 2.82. The maximum absolute atomic E-state index is 11.2. The van der Waals surface area contributed by atoms with Gasteiger partial charge >= 0.3 is 0 Å². The molecular formula is C13H10BrClN2O2S. The fourth-order valence-corrected chi connectivity index (χ4v) is 3.52. The van der Waals surface area contributed by atoms with Gasteiger partial charge < -0.3 is 15.4 Å². The van der Waals surface area contributed by atoms with Crippen molar-refractivity contribution >= 4 is 56.1 Å². The van der Waals surface area contributed by atoms with Crippen LogP contribution in [0.25, 0.3) is 0 Å². The molecule has 0 unspecified atom stereocenters. The monoisotopic (exact) mass is 372 g/mol. The molecule has 0 saturated carbocycles. The number of carbonyl (C=O) groups is 1. The van der Waals surface area contributed by atoms with Gasteiger partial charge in [-0.1, -0.05) is 11.6 Å². The second kappa shape index (κ2) is 5.63. The zero-order valence-corrected chi connectivity index (χ0v) is 13.4. The van der Waals surface area contributed by atoms with Gasteiger partial charge in [0.25, 0.3) is 5.91 Å². The number of rotatable bonds is 3. The molecule has 0 atom stereocenters. The van der Waals surface area contributed by atoms with Crippen LogP contribution in [0.1, 0.15) is 4.88 Å². The van der Waals surface area contributed by atoms with E-state index >= 15 is 0 Å². The van der Waals surface area contributed by atoms with Crippen molar-refractivity contribution in [2.75, 3.05) is 17.2 Å². The van der Waals surface area contributed by atoms with Crippen LogP contribution in [0.3, 0.4) is 0 Å². The Morgan fingerprint density at radius 1 is 1.45 bits per heavy atom. The molecule has 1 aromatic carbocycles. The van der Waals surface area contributed by atoms with Gasteiger partial charge in [-0.05, 0) is 34.1 Å². The van der Waals surface area contributed by atoms with E-state index in [1.54, 1.807) is 23.5 Å². The first-order chi connectivity index (χ1) is 9.61. The molecule has 2 aromatic rings. The van der Waals surface area contributed by atoms with Gasteiger partial charge in [-0.25, -0.2) is 0 Å². The quantitative estimate of drug-likeness (QED) is 0.851. The number of benzene rings is 1. The molecule has 1 aliphatic rings. The van der Waals surface area contributed by atoms with Crippen LogP contribution in [-0.4, -0.2) is 12.5 Å². The average molecular weight is 374 g/mol. The lowest BCUT2D eigenvalue weighted by Gasteiger charge is -2.19. The van der Waals surface area contributed by atoms with Crippen molar-refractivity contribution in [1.82, 2.24) is 0 Å². The highest BCUT2D eigenvalue weighted by Gasteiger charge is 2.18. The summed E-state index contributed by atoms with van der Waals surface area (Å²) >= 11 is 11.3. The summed E-state index contributed by atoms with van der Waals surface area (Å²) in [4.78, 5) is 12.4. The van der Waals surface area contributed by atoms with E-state index in [1.165, 1.54) is 4.88 Å². The molecule has 1 aliphatic heterocycles. The van der Waals surface area contributed by atoms with Crippen LogP contribution in [-0.2, 0) is 11.3 Å². The minimum Gasteiger partial charge on any atom is -0.482 e. The van der Waals surface area contributed by atoms with E-state index in [9.17, 15) is 4.79 Å². The largest absolute Gasteiger partial charge is 0.482 e. The molecule has 0 fully saturated rings. The number of anilines is 2. The zero-order chi connectivity index (χ0) is 14.1. The summed E-state index contributed by atoms with van der Waals surface area (Å²) in [6, 6.07) is 7.56.